The van der Waals surface area contributed by atoms with E-state index < -0.39 is 0 Å². The molecule has 1 aliphatic carbocycles. The first-order valence-electron chi connectivity index (χ1n) is 6.39. The maximum absolute atomic E-state index is 4.56. The molecule has 4 rings (SSSR count). The second-order valence-corrected chi connectivity index (χ2v) is 5.44. The number of imidazole rings is 1. The van der Waals surface area contributed by atoms with Gasteiger partial charge in [0.25, 0.3) is 0 Å². The summed E-state index contributed by atoms with van der Waals surface area (Å²) in [5, 5.41) is 3.73. The fourth-order valence-corrected chi connectivity index (χ4v) is 3.36. The van der Waals surface area contributed by atoms with Gasteiger partial charge in [-0.05, 0) is 19.3 Å². The lowest BCUT2D eigenvalue weighted by atomic mass is 9.88. The molecular weight excluding hydrogens is 200 g/mol. The SMILES string of the molecule is c1nc2c([nH]1)CCNC21CCN(C2CC2)C1. The highest BCUT2D eigenvalue weighted by atomic mass is 15.3. The van der Waals surface area contributed by atoms with Crippen molar-refractivity contribution in [1.29, 1.82) is 0 Å². The lowest BCUT2D eigenvalue weighted by Gasteiger charge is -2.34. The van der Waals surface area contributed by atoms with Crippen LogP contribution in [0.5, 0.6) is 0 Å². The second-order valence-electron chi connectivity index (χ2n) is 5.44. The summed E-state index contributed by atoms with van der Waals surface area (Å²) in [7, 11) is 0. The summed E-state index contributed by atoms with van der Waals surface area (Å²) < 4.78 is 0. The minimum Gasteiger partial charge on any atom is -0.348 e. The van der Waals surface area contributed by atoms with E-state index in [1.54, 1.807) is 0 Å². The van der Waals surface area contributed by atoms with E-state index in [0.29, 0.717) is 0 Å². The molecular formula is C12H18N4. The predicted octanol–water partition coefficient (Wildman–Crippen LogP) is 0.619. The van der Waals surface area contributed by atoms with E-state index >= 15 is 0 Å². The molecule has 1 spiro atoms. The van der Waals surface area contributed by atoms with E-state index in [9.17, 15) is 0 Å². The number of aromatic nitrogens is 2. The van der Waals surface area contributed by atoms with Gasteiger partial charge in [-0.25, -0.2) is 4.98 Å². The van der Waals surface area contributed by atoms with Crippen LogP contribution < -0.4 is 5.32 Å². The molecule has 2 aliphatic heterocycles. The monoisotopic (exact) mass is 218 g/mol. The van der Waals surface area contributed by atoms with E-state index in [0.717, 1.165) is 25.6 Å². The molecule has 2 N–H and O–H groups in total. The van der Waals surface area contributed by atoms with Crippen LogP contribution in [0.1, 0.15) is 30.7 Å². The Labute approximate surface area is 95.4 Å². The second kappa shape index (κ2) is 3.08. The first-order chi connectivity index (χ1) is 7.87. The molecule has 86 valence electrons. The van der Waals surface area contributed by atoms with E-state index in [1.807, 2.05) is 6.33 Å². The predicted molar refractivity (Wildman–Crippen MR) is 61.2 cm³/mol. The van der Waals surface area contributed by atoms with Gasteiger partial charge in [0.15, 0.2) is 0 Å². The average molecular weight is 218 g/mol. The van der Waals surface area contributed by atoms with Gasteiger partial charge in [-0.3, -0.25) is 4.90 Å². The van der Waals surface area contributed by atoms with Crippen molar-refractivity contribution in [2.45, 2.75) is 37.3 Å². The van der Waals surface area contributed by atoms with Crippen LogP contribution in [0, 0.1) is 0 Å². The zero-order chi connectivity index (χ0) is 10.6. The van der Waals surface area contributed by atoms with Gasteiger partial charge in [0.05, 0.1) is 17.6 Å². The van der Waals surface area contributed by atoms with Gasteiger partial charge in [-0.1, -0.05) is 0 Å². The van der Waals surface area contributed by atoms with Crippen LogP contribution >= 0.6 is 0 Å². The van der Waals surface area contributed by atoms with Crippen LogP contribution in [0.25, 0.3) is 0 Å². The molecule has 16 heavy (non-hydrogen) atoms. The minimum absolute atomic E-state index is 0.163. The van der Waals surface area contributed by atoms with Crippen LogP contribution in [0.15, 0.2) is 6.33 Å². The Hall–Kier alpha value is -0.870. The number of nitrogens with zero attached hydrogens (tertiary/aromatic N) is 2. The summed E-state index contributed by atoms with van der Waals surface area (Å²) in [5.74, 6) is 0. The largest absolute Gasteiger partial charge is 0.348 e. The van der Waals surface area contributed by atoms with Gasteiger partial charge < -0.3 is 10.3 Å². The van der Waals surface area contributed by atoms with Crippen molar-refractivity contribution in [3.63, 3.8) is 0 Å². The Bertz CT molecular complexity index is 409. The van der Waals surface area contributed by atoms with Gasteiger partial charge in [0, 0.05) is 37.8 Å². The standard InChI is InChI=1S/C12H18N4/c1-2-9(1)16-6-4-12(7-16)11-10(3-5-15-12)13-8-14-11/h8-9,15H,1-7H2,(H,13,14). The third-order valence-corrected chi connectivity index (χ3v) is 4.37. The maximum atomic E-state index is 4.56. The normalized spacial score (nSPS) is 34.5. The molecule has 0 radical (unpaired) electrons. The molecule has 4 heteroatoms. The molecule has 4 nitrogen and oxygen atoms in total. The lowest BCUT2D eigenvalue weighted by Crippen LogP contribution is -2.49. The van der Waals surface area contributed by atoms with E-state index in [-0.39, 0.29) is 5.54 Å². The molecule has 1 aromatic rings. The Kier molecular flexibility index (Phi) is 1.77. The van der Waals surface area contributed by atoms with Crippen molar-refractivity contribution in [2.75, 3.05) is 19.6 Å². The number of hydrogen-bond donors (Lipinski definition) is 2. The van der Waals surface area contributed by atoms with E-state index in [4.69, 9.17) is 0 Å². The summed E-state index contributed by atoms with van der Waals surface area (Å²) in [6.45, 7) is 3.49. The third-order valence-electron chi connectivity index (χ3n) is 4.37. The Balaban J connectivity index is 1.68. The van der Waals surface area contributed by atoms with Gasteiger partial charge in [0.2, 0.25) is 0 Å². The topological polar surface area (TPSA) is 44.0 Å². The quantitative estimate of drug-likeness (QED) is 0.726. The number of H-pyrrole nitrogens is 1. The highest BCUT2D eigenvalue weighted by Crippen LogP contribution is 2.39. The number of rotatable bonds is 1. The number of aromatic amines is 1. The number of likely N-dealkylation sites (tertiary alicyclic amines) is 1. The van der Waals surface area contributed by atoms with Gasteiger partial charge >= 0.3 is 0 Å². The van der Waals surface area contributed by atoms with Crippen LogP contribution in [-0.4, -0.2) is 40.5 Å². The lowest BCUT2D eigenvalue weighted by molar-refractivity contribution is 0.263. The van der Waals surface area contributed by atoms with Gasteiger partial charge in [-0.2, -0.15) is 0 Å². The summed E-state index contributed by atoms with van der Waals surface area (Å²) in [4.78, 5) is 10.5. The summed E-state index contributed by atoms with van der Waals surface area (Å²) in [6.07, 6.45) is 6.99. The van der Waals surface area contributed by atoms with E-state index in [2.05, 4.69) is 20.2 Å². The molecule has 0 bridgehead atoms. The number of hydrogen-bond acceptors (Lipinski definition) is 3. The maximum Gasteiger partial charge on any atom is 0.0926 e. The van der Waals surface area contributed by atoms with Crippen molar-refractivity contribution < 1.29 is 0 Å². The zero-order valence-corrected chi connectivity index (χ0v) is 9.50. The molecule has 1 atom stereocenters. The van der Waals surface area contributed by atoms with Crippen molar-refractivity contribution >= 4 is 0 Å². The molecule has 1 saturated heterocycles. The molecule has 3 aliphatic rings. The Morgan fingerprint density at radius 1 is 1.44 bits per heavy atom. The highest BCUT2D eigenvalue weighted by molar-refractivity contribution is 5.27. The average Bonchev–Trinajstić information content (AvgIpc) is 2.88. The summed E-state index contributed by atoms with van der Waals surface area (Å²) >= 11 is 0. The fraction of sp³-hybridized carbons (Fsp3) is 0.750. The summed E-state index contributed by atoms with van der Waals surface area (Å²) in [6, 6.07) is 0.880. The molecule has 3 heterocycles. The molecule has 0 aromatic carbocycles. The number of fused-ring (bicyclic) bond motifs is 2. The number of nitrogens with one attached hydrogen (secondary N) is 2. The third kappa shape index (κ3) is 1.20. The highest BCUT2D eigenvalue weighted by Gasteiger charge is 2.47. The van der Waals surface area contributed by atoms with Crippen molar-refractivity contribution in [3.05, 3.63) is 17.7 Å². The van der Waals surface area contributed by atoms with Crippen LogP contribution in [0.3, 0.4) is 0 Å². The van der Waals surface area contributed by atoms with Crippen molar-refractivity contribution in [3.8, 4) is 0 Å². The van der Waals surface area contributed by atoms with Gasteiger partial charge in [-0.15, -0.1) is 0 Å². The first-order valence-corrected chi connectivity index (χ1v) is 6.39. The van der Waals surface area contributed by atoms with Crippen molar-refractivity contribution in [2.24, 2.45) is 0 Å². The van der Waals surface area contributed by atoms with E-state index in [1.165, 1.54) is 37.2 Å². The molecule has 1 saturated carbocycles. The van der Waals surface area contributed by atoms with Crippen LogP contribution in [-0.2, 0) is 12.0 Å². The van der Waals surface area contributed by atoms with Crippen LogP contribution in [0.2, 0.25) is 0 Å². The van der Waals surface area contributed by atoms with Crippen molar-refractivity contribution in [1.82, 2.24) is 20.2 Å². The smallest absolute Gasteiger partial charge is 0.0926 e. The summed E-state index contributed by atoms with van der Waals surface area (Å²) in [5.41, 5.74) is 2.81. The van der Waals surface area contributed by atoms with Gasteiger partial charge in [0.1, 0.15) is 0 Å². The minimum atomic E-state index is 0.163. The Morgan fingerprint density at radius 3 is 3.25 bits per heavy atom. The zero-order valence-electron chi connectivity index (χ0n) is 9.50. The molecule has 2 fully saturated rings. The fourth-order valence-electron chi connectivity index (χ4n) is 3.36. The Morgan fingerprint density at radius 2 is 2.38 bits per heavy atom. The molecule has 1 aromatic heterocycles. The van der Waals surface area contributed by atoms with Crippen LogP contribution in [0.4, 0.5) is 0 Å². The molecule has 0 amide bonds. The molecule has 1 unspecified atom stereocenters. The first kappa shape index (κ1) is 9.19.